The normalized spacial score (nSPS) is 31.7. The monoisotopic (exact) mass is 490 g/mol. The summed E-state index contributed by atoms with van der Waals surface area (Å²) in [6, 6.07) is 9.13. The van der Waals surface area contributed by atoms with Gasteiger partial charge in [0.05, 0.1) is 20.3 Å². The van der Waals surface area contributed by atoms with Gasteiger partial charge in [0.1, 0.15) is 18.3 Å². The molecule has 1 fully saturated rings. The second kappa shape index (κ2) is 9.81. The van der Waals surface area contributed by atoms with Crippen molar-refractivity contribution in [2.45, 2.75) is 36.9 Å². The van der Waals surface area contributed by atoms with E-state index in [2.05, 4.69) is 0 Å². The molecule has 35 heavy (non-hydrogen) atoms. The number of aromatic hydroxyl groups is 1. The number of fused-ring (bicyclic) bond motifs is 2. The first kappa shape index (κ1) is 24.1. The van der Waals surface area contributed by atoms with Crippen molar-refractivity contribution < 1.29 is 49.2 Å². The minimum Gasteiger partial charge on any atom is -0.504 e. The van der Waals surface area contributed by atoms with Crippen LogP contribution >= 0.6 is 0 Å². The fourth-order valence-corrected chi connectivity index (χ4v) is 5.29. The molecule has 0 aromatic heterocycles. The van der Waals surface area contributed by atoms with E-state index in [4.69, 9.17) is 23.7 Å². The molecule has 0 saturated carbocycles. The summed E-state index contributed by atoms with van der Waals surface area (Å²) in [6.07, 6.45) is -4.62. The van der Waals surface area contributed by atoms with Crippen LogP contribution in [0.15, 0.2) is 30.3 Å². The van der Waals surface area contributed by atoms with Crippen LogP contribution in [0.3, 0.4) is 0 Å². The molecule has 10 nitrogen and oxygen atoms in total. The smallest absolute Gasteiger partial charge is 0.231 e. The van der Waals surface area contributed by atoms with E-state index < -0.39 is 24.6 Å². The molecule has 5 rings (SSSR count). The molecule has 3 aliphatic rings. The molecular weight excluding hydrogens is 460 g/mol. The lowest BCUT2D eigenvalue weighted by atomic mass is 9.67. The molecule has 0 bridgehead atoms. The van der Waals surface area contributed by atoms with Gasteiger partial charge in [0.15, 0.2) is 29.3 Å². The Balaban J connectivity index is 1.51. The number of hydrogen-bond acceptors (Lipinski definition) is 10. The third kappa shape index (κ3) is 4.42. The number of aliphatic hydroxyl groups excluding tert-OH is 4. The van der Waals surface area contributed by atoms with E-state index in [9.17, 15) is 25.5 Å². The maximum atomic E-state index is 10.4. The third-order valence-electron chi connectivity index (χ3n) is 7.19. The average Bonchev–Trinajstić information content (AvgIpc) is 3.33. The highest BCUT2D eigenvalue weighted by Gasteiger charge is 2.42. The summed E-state index contributed by atoms with van der Waals surface area (Å²) in [6.45, 7) is -0.0608. The van der Waals surface area contributed by atoms with Crippen LogP contribution in [0.1, 0.15) is 22.6 Å². The lowest BCUT2D eigenvalue weighted by Gasteiger charge is -2.41. The number of phenolic OH excluding ortho intramolecular Hbond substituents is 1. The Morgan fingerprint density at radius 2 is 1.83 bits per heavy atom. The molecule has 2 aliphatic heterocycles. The van der Waals surface area contributed by atoms with Gasteiger partial charge in [-0.25, -0.2) is 0 Å². The Kier molecular flexibility index (Phi) is 6.75. The molecule has 0 unspecified atom stereocenters. The number of hydrogen-bond donors (Lipinski definition) is 5. The van der Waals surface area contributed by atoms with Gasteiger partial charge in [0.2, 0.25) is 6.79 Å². The predicted octanol–water partition coefficient (Wildman–Crippen LogP) is 0.498. The second-order valence-corrected chi connectivity index (χ2v) is 9.21. The minimum atomic E-state index is -1.41. The van der Waals surface area contributed by atoms with Crippen molar-refractivity contribution >= 4 is 0 Å². The first-order valence-corrected chi connectivity index (χ1v) is 11.6. The third-order valence-corrected chi connectivity index (χ3v) is 7.19. The van der Waals surface area contributed by atoms with Crippen LogP contribution in [0.2, 0.25) is 0 Å². The average molecular weight is 491 g/mol. The molecule has 2 heterocycles. The van der Waals surface area contributed by atoms with Crippen molar-refractivity contribution in [3.8, 4) is 23.0 Å². The van der Waals surface area contributed by atoms with Gasteiger partial charge in [0, 0.05) is 12.5 Å². The fourth-order valence-electron chi connectivity index (χ4n) is 5.29. The molecule has 1 saturated heterocycles. The molecular formula is C25H30O10. The first-order chi connectivity index (χ1) is 16.9. The van der Waals surface area contributed by atoms with Gasteiger partial charge in [-0.1, -0.05) is 6.07 Å². The SMILES string of the molecule is COc1cc2c(cc1O)C[C@H](CO)[C@@H](CO[C@@H]1OC[C@@H](O)[C@H](O)[C@H]1O)[C@@H]2c1ccc2c(c1)OCO2. The summed E-state index contributed by atoms with van der Waals surface area (Å²) >= 11 is 0. The zero-order valence-corrected chi connectivity index (χ0v) is 19.2. The van der Waals surface area contributed by atoms with Gasteiger partial charge in [-0.05, 0) is 59.2 Å². The molecule has 1 aliphatic carbocycles. The van der Waals surface area contributed by atoms with Gasteiger partial charge < -0.3 is 49.2 Å². The summed E-state index contributed by atoms with van der Waals surface area (Å²) in [5.74, 6) is 0.836. The fraction of sp³-hybridized carbons (Fsp3) is 0.520. The summed E-state index contributed by atoms with van der Waals surface area (Å²) in [5, 5.41) is 50.8. The standard InChI is InChI=1S/C25H30O10/c1-31-20-7-15-13(5-17(20)27)4-14(8-26)16(9-32-25-24(30)23(29)18(28)10-33-25)22(15)12-2-3-19-21(6-12)35-11-34-19/h2-3,5-7,14,16,18,22-30H,4,8-11H2,1H3/t14-,16-,18-,22-,23+,24-,25-/m1/s1. The Bertz CT molecular complexity index is 1060. The first-order valence-electron chi connectivity index (χ1n) is 11.6. The number of rotatable bonds is 6. The molecule has 0 amide bonds. The number of aliphatic hydroxyl groups is 4. The van der Waals surface area contributed by atoms with E-state index in [0.29, 0.717) is 23.7 Å². The van der Waals surface area contributed by atoms with E-state index in [1.165, 1.54) is 7.11 Å². The molecule has 2 aromatic rings. The second-order valence-electron chi connectivity index (χ2n) is 9.21. The van der Waals surface area contributed by atoms with Crippen molar-refractivity contribution in [1.29, 1.82) is 0 Å². The lowest BCUT2D eigenvalue weighted by molar-refractivity contribution is -0.274. The summed E-state index contributed by atoms with van der Waals surface area (Å²) in [5.41, 5.74) is 2.70. The Morgan fingerprint density at radius 1 is 1.03 bits per heavy atom. The van der Waals surface area contributed by atoms with Crippen LogP contribution in [0.5, 0.6) is 23.0 Å². The largest absolute Gasteiger partial charge is 0.504 e. The molecule has 0 spiro atoms. The van der Waals surface area contributed by atoms with Crippen LogP contribution in [-0.4, -0.2) is 83.9 Å². The van der Waals surface area contributed by atoms with Crippen molar-refractivity contribution in [1.82, 2.24) is 0 Å². The van der Waals surface area contributed by atoms with Crippen LogP contribution in [0.4, 0.5) is 0 Å². The number of methoxy groups -OCH3 is 1. The highest BCUT2D eigenvalue weighted by atomic mass is 16.7. The Hall–Kier alpha value is -2.60. The zero-order valence-electron chi connectivity index (χ0n) is 19.2. The highest BCUT2D eigenvalue weighted by molar-refractivity contribution is 5.54. The molecule has 190 valence electrons. The van der Waals surface area contributed by atoms with Gasteiger partial charge in [-0.15, -0.1) is 0 Å². The van der Waals surface area contributed by atoms with Crippen LogP contribution in [0.25, 0.3) is 0 Å². The van der Waals surface area contributed by atoms with E-state index >= 15 is 0 Å². The van der Waals surface area contributed by atoms with Crippen molar-refractivity contribution in [3.63, 3.8) is 0 Å². The lowest BCUT2D eigenvalue weighted by Crippen LogP contribution is -2.54. The molecule has 5 N–H and O–H groups in total. The van der Waals surface area contributed by atoms with E-state index in [-0.39, 0.29) is 50.1 Å². The maximum absolute atomic E-state index is 10.4. The summed E-state index contributed by atoms with van der Waals surface area (Å²) in [7, 11) is 1.48. The van der Waals surface area contributed by atoms with Crippen molar-refractivity contribution in [3.05, 3.63) is 47.0 Å². The Morgan fingerprint density at radius 3 is 2.60 bits per heavy atom. The van der Waals surface area contributed by atoms with E-state index in [1.807, 2.05) is 18.2 Å². The molecule has 2 aromatic carbocycles. The number of phenols is 1. The molecule has 7 atom stereocenters. The molecule has 10 heteroatoms. The molecule has 0 radical (unpaired) electrons. The zero-order chi connectivity index (χ0) is 24.7. The quantitative estimate of drug-likeness (QED) is 0.388. The van der Waals surface area contributed by atoms with Gasteiger partial charge in [0.25, 0.3) is 0 Å². The van der Waals surface area contributed by atoms with Crippen molar-refractivity contribution in [2.75, 3.05) is 33.7 Å². The number of benzene rings is 2. The van der Waals surface area contributed by atoms with Gasteiger partial charge >= 0.3 is 0 Å². The van der Waals surface area contributed by atoms with E-state index in [0.717, 1.165) is 16.7 Å². The highest BCUT2D eigenvalue weighted by Crippen LogP contribution is 2.48. The number of ether oxygens (including phenoxy) is 5. The van der Waals surface area contributed by atoms with E-state index in [1.54, 1.807) is 12.1 Å². The Labute approximate surface area is 202 Å². The minimum absolute atomic E-state index is 0.0216. The topological polar surface area (TPSA) is 147 Å². The predicted molar refractivity (Wildman–Crippen MR) is 121 cm³/mol. The summed E-state index contributed by atoms with van der Waals surface area (Å²) < 4.78 is 27.8. The van der Waals surface area contributed by atoms with Crippen LogP contribution in [0, 0.1) is 11.8 Å². The van der Waals surface area contributed by atoms with Crippen LogP contribution < -0.4 is 14.2 Å². The maximum Gasteiger partial charge on any atom is 0.231 e. The summed E-state index contributed by atoms with van der Waals surface area (Å²) in [4.78, 5) is 0. The van der Waals surface area contributed by atoms with Gasteiger partial charge in [-0.3, -0.25) is 0 Å². The van der Waals surface area contributed by atoms with Crippen molar-refractivity contribution in [2.24, 2.45) is 11.8 Å². The van der Waals surface area contributed by atoms with Crippen LogP contribution in [-0.2, 0) is 15.9 Å². The van der Waals surface area contributed by atoms with Gasteiger partial charge in [-0.2, -0.15) is 0 Å².